The number of amides is 1. The number of pyridine rings is 1. The van der Waals surface area contributed by atoms with Gasteiger partial charge in [0.1, 0.15) is 6.10 Å². The van der Waals surface area contributed by atoms with Gasteiger partial charge in [-0.15, -0.1) is 0 Å². The van der Waals surface area contributed by atoms with E-state index in [-0.39, 0.29) is 12.0 Å². The van der Waals surface area contributed by atoms with Gasteiger partial charge in [-0.05, 0) is 30.5 Å². The van der Waals surface area contributed by atoms with Crippen molar-refractivity contribution in [3.8, 4) is 0 Å². The van der Waals surface area contributed by atoms with Gasteiger partial charge in [0.25, 0.3) is 5.91 Å². The third kappa shape index (κ3) is 2.58. The quantitative estimate of drug-likeness (QED) is 0.769. The Hall–Kier alpha value is -1.42. The lowest BCUT2D eigenvalue weighted by Crippen LogP contribution is -2.35. The van der Waals surface area contributed by atoms with E-state index < -0.39 is 0 Å². The highest BCUT2D eigenvalue weighted by atomic mass is 16.5. The summed E-state index contributed by atoms with van der Waals surface area (Å²) in [7, 11) is 1.81. The average Bonchev–Trinajstić information content (AvgIpc) is 2.83. The fourth-order valence-corrected chi connectivity index (χ4v) is 1.86. The van der Waals surface area contributed by atoms with Gasteiger partial charge < -0.3 is 9.64 Å². The zero-order valence-electron chi connectivity index (χ0n) is 9.43. The highest BCUT2D eigenvalue weighted by Crippen LogP contribution is 2.15. The molecule has 1 amide bonds. The zero-order chi connectivity index (χ0) is 11.4. The van der Waals surface area contributed by atoms with E-state index >= 15 is 0 Å². The van der Waals surface area contributed by atoms with E-state index in [4.69, 9.17) is 4.74 Å². The van der Waals surface area contributed by atoms with Gasteiger partial charge in [0.15, 0.2) is 0 Å². The number of likely N-dealkylation sites (N-methyl/N-ethyl adjacent to an activating group) is 1. The molecule has 0 bridgehead atoms. The second-order valence-corrected chi connectivity index (χ2v) is 4.05. The Morgan fingerprint density at radius 2 is 2.31 bits per heavy atom. The maximum atomic E-state index is 11.9. The molecule has 0 N–H and O–H groups in total. The molecule has 1 saturated heterocycles. The second-order valence-electron chi connectivity index (χ2n) is 4.05. The fraction of sp³-hybridized carbons (Fsp3) is 0.500. The number of carbonyl (C=O) groups is 1. The van der Waals surface area contributed by atoms with E-state index in [1.165, 1.54) is 0 Å². The van der Waals surface area contributed by atoms with E-state index in [1.54, 1.807) is 17.3 Å². The molecule has 1 atom stereocenters. The molecule has 4 nitrogen and oxygen atoms in total. The fourth-order valence-electron chi connectivity index (χ4n) is 1.86. The van der Waals surface area contributed by atoms with E-state index in [0.29, 0.717) is 13.2 Å². The normalized spacial score (nSPS) is 19.7. The molecule has 4 heteroatoms. The molecule has 1 aliphatic heterocycles. The van der Waals surface area contributed by atoms with Gasteiger partial charge in [-0.25, -0.2) is 0 Å². The molecule has 0 spiro atoms. The minimum atomic E-state index is -0.230. The summed E-state index contributed by atoms with van der Waals surface area (Å²) in [6.07, 6.45) is 5.07. The van der Waals surface area contributed by atoms with E-state index in [1.807, 2.05) is 19.2 Å². The first-order valence-electron chi connectivity index (χ1n) is 5.53. The van der Waals surface area contributed by atoms with Crippen LogP contribution in [0.1, 0.15) is 18.4 Å². The molecule has 1 fully saturated rings. The van der Waals surface area contributed by atoms with E-state index in [9.17, 15) is 4.79 Å². The smallest absolute Gasteiger partial charge is 0.251 e. The van der Waals surface area contributed by atoms with Crippen LogP contribution in [0.2, 0.25) is 0 Å². The summed E-state index contributed by atoms with van der Waals surface area (Å²) in [5.74, 6) is 0.0781. The molecule has 2 heterocycles. The van der Waals surface area contributed by atoms with Crippen LogP contribution < -0.4 is 0 Å². The number of nitrogens with zero attached hydrogens (tertiary/aromatic N) is 2. The monoisotopic (exact) mass is 220 g/mol. The maximum Gasteiger partial charge on any atom is 0.251 e. The van der Waals surface area contributed by atoms with Crippen molar-refractivity contribution in [1.82, 2.24) is 9.88 Å². The highest BCUT2D eigenvalue weighted by molar-refractivity contribution is 5.80. The summed E-state index contributed by atoms with van der Waals surface area (Å²) in [5.41, 5.74) is 1.09. The number of hydrogen-bond donors (Lipinski definition) is 0. The van der Waals surface area contributed by atoms with Gasteiger partial charge in [0.2, 0.25) is 0 Å². The SMILES string of the molecule is CN(Cc1ccncc1)C(=O)C1CCCO1. The topological polar surface area (TPSA) is 42.4 Å². The number of rotatable bonds is 3. The first kappa shape index (κ1) is 11.1. The van der Waals surface area contributed by atoms with Gasteiger partial charge >= 0.3 is 0 Å². The average molecular weight is 220 g/mol. The van der Waals surface area contributed by atoms with Crippen LogP contribution in [0.5, 0.6) is 0 Å². The molecule has 1 aromatic rings. The summed E-state index contributed by atoms with van der Waals surface area (Å²) < 4.78 is 5.37. The number of aromatic nitrogens is 1. The van der Waals surface area contributed by atoms with Crippen molar-refractivity contribution >= 4 is 5.91 Å². The zero-order valence-corrected chi connectivity index (χ0v) is 9.43. The third-order valence-corrected chi connectivity index (χ3v) is 2.75. The van der Waals surface area contributed by atoms with E-state index in [0.717, 1.165) is 18.4 Å². The Balaban J connectivity index is 1.92. The van der Waals surface area contributed by atoms with Gasteiger partial charge in [-0.3, -0.25) is 9.78 Å². The number of carbonyl (C=O) groups excluding carboxylic acids is 1. The third-order valence-electron chi connectivity index (χ3n) is 2.75. The Morgan fingerprint density at radius 3 is 2.94 bits per heavy atom. The molecule has 0 radical (unpaired) electrons. The van der Waals surface area contributed by atoms with Crippen molar-refractivity contribution in [1.29, 1.82) is 0 Å². The minimum absolute atomic E-state index is 0.0781. The highest BCUT2D eigenvalue weighted by Gasteiger charge is 2.26. The van der Waals surface area contributed by atoms with Crippen molar-refractivity contribution in [3.63, 3.8) is 0 Å². The summed E-state index contributed by atoms with van der Waals surface area (Å²) in [6.45, 7) is 1.32. The van der Waals surface area contributed by atoms with Crippen molar-refractivity contribution < 1.29 is 9.53 Å². The summed E-state index contributed by atoms with van der Waals surface area (Å²) in [5, 5.41) is 0. The van der Waals surface area contributed by atoms with Crippen LogP contribution >= 0.6 is 0 Å². The minimum Gasteiger partial charge on any atom is -0.368 e. The van der Waals surface area contributed by atoms with Crippen LogP contribution in [0, 0.1) is 0 Å². The molecular weight excluding hydrogens is 204 g/mol. The van der Waals surface area contributed by atoms with Gasteiger partial charge in [0, 0.05) is 32.6 Å². The molecule has 1 unspecified atom stereocenters. The Morgan fingerprint density at radius 1 is 1.56 bits per heavy atom. The standard InChI is InChI=1S/C12H16N2O2/c1-14(9-10-4-6-13-7-5-10)12(15)11-3-2-8-16-11/h4-7,11H,2-3,8-9H2,1H3. The van der Waals surface area contributed by atoms with Gasteiger partial charge in [0.05, 0.1) is 0 Å². The molecule has 1 aromatic heterocycles. The lowest BCUT2D eigenvalue weighted by atomic mass is 10.2. The molecular formula is C12H16N2O2. The summed E-state index contributed by atoms with van der Waals surface area (Å²) >= 11 is 0. The van der Waals surface area contributed by atoms with Crippen LogP contribution in [0.15, 0.2) is 24.5 Å². The number of ether oxygens (including phenoxy) is 1. The maximum absolute atomic E-state index is 11.9. The molecule has 86 valence electrons. The summed E-state index contributed by atoms with van der Waals surface area (Å²) in [6, 6.07) is 3.83. The van der Waals surface area contributed by atoms with Crippen LogP contribution in [0.25, 0.3) is 0 Å². The van der Waals surface area contributed by atoms with Crippen molar-refractivity contribution in [2.75, 3.05) is 13.7 Å². The molecule has 0 saturated carbocycles. The lowest BCUT2D eigenvalue weighted by Gasteiger charge is -2.20. The lowest BCUT2D eigenvalue weighted by molar-refractivity contribution is -0.140. The van der Waals surface area contributed by atoms with Crippen LogP contribution in [0.4, 0.5) is 0 Å². The predicted molar refractivity (Wildman–Crippen MR) is 59.7 cm³/mol. The molecule has 16 heavy (non-hydrogen) atoms. The van der Waals surface area contributed by atoms with Crippen LogP contribution in [-0.2, 0) is 16.1 Å². The first-order chi connectivity index (χ1) is 7.77. The van der Waals surface area contributed by atoms with Crippen molar-refractivity contribution in [2.45, 2.75) is 25.5 Å². The van der Waals surface area contributed by atoms with Crippen LogP contribution in [0.3, 0.4) is 0 Å². The second kappa shape index (κ2) is 5.07. The molecule has 0 aliphatic carbocycles. The molecule has 2 rings (SSSR count). The largest absolute Gasteiger partial charge is 0.368 e. The van der Waals surface area contributed by atoms with Gasteiger partial charge in [-0.1, -0.05) is 0 Å². The number of hydrogen-bond acceptors (Lipinski definition) is 3. The predicted octanol–water partition coefficient (Wildman–Crippen LogP) is 1.22. The first-order valence-corrected chi connectivity index (χ1v) is 5.53. The van der Waals surface area contributed by atoms with Gasteiger partial charge in [-0.2, -0.15) is 0 Å². The molecule has 1 aliphatic rings. The Kier molecular flexibility index (Phi) is 3.51. The van der Waals surface area contributed by atoms with Crippen LogP contribution in [-0.4, -0.2) is 35.5 Å². The Labute approximate surface area is 95.2 Å². The Bertz CT molecular complexity index is 347. The van der Waals surface area contributed by atoms with E-state index in [2.05, 4.69) is 4.98 Å². The van der Waals surface area contributed by atoms with Crippen molar-refractivity contribution in [3.05, 3.63) is 30.1 Å². The summed E-state index contributed by atoms with van der Waals surface area (Å²) in [4.78, 5) is 17.6. The van der Waals surface area contributed by atoms with Crippen molar-refractivity contribution in [2.24, 2.45) is 0 Å². The molecule has 0 aromatic carbocycles.